The standard InChI is InChI=1S/C6H12O6/c1-3-4(2,5(7,8)9)6(10,11)12/h3,7-12H,1H2,2H3. The summed E-state index contributed by atoms with van der Waals surface area (Å²) in [4.78, 5) is 0. The Morgan fingerprint density at radius 1 is 0.917 bits per heavy atom. The predicted molar refractivity (Wildman–Crippen MR) is 37.1 cm³/mol. The molecule has 0 bridgehead atoms. The maximum Gasteiger partial charge on any atom is 0.292 e. The second-order valence-electron chi connectivity index (χ2n) is 2.68. The van der Waals surface area contributed by atoms with E-state index in [9.17, 15) is 0 Å². The summed E-state index contributed by atoms with van der Waals surface area (Å²) < 4.78 is 0. The van der Waals surface area contributed by atoms with Gasteiger partial charge in [-0.2, -0.15) is 0 Å². The number of hydrogen-bond acceptors (Lipinski definition) is 6. The Balaban J connectivity index is 5.09. The van der Waals surface area contributed by atoms with Gasteiger partial charge in [0.1, 0.15) is 5.41 Å². The molecule has 0 radical (unpaired) electrons. The fourth-order valence-corrected chi connectivity index (χ4v) is 0.499. The molecule has 6 heteroatoms. The molecule has 0 heterocycles. The summed E-state index contributed by atoms with van der Waals surface area (Å²) >= 11 is 0. The lowest BCUT2D eigenvalue weighted by Crippen LogP contribution is -2.59. The lowest BCUT2D eigenvalue weighted by Gasteiger charge is -2.39. The van der Waals surface area contributed by atoms with Crippen molar-refractivity contribution in [2.75, 3.05) is 0 Å². The summed E-state index contributed by atoms with van der Waals surface area (Å²) in [5.41, 5.74) is -2.49. The van der Waals surface area contributed by atoms with Crippen LogP contribution in [0.15, 0.2) is 12.7 Å². The Hall–Kier alpha value is -0.500. The van der Waals surface area contributed by atoms with E-state index in [1.807, 2.05) is 0 Å². The summed E-state index contributed by atoms with van der Waals surface area (Å²) in [6, 6.07) is 0. The minimum absolute atomic E-state index is 0.604. The lowest BCUT2D eigenvalue weighted by atomic mass is 9.84. The summed E-state index contributed by atoms with van der Waals surface area (Å²) in [6.07, 6.45) is 0.604. The summed E-state index contributed by atoms with van der Waals surface area (Å²) in [7, 11) is 0. The van der Waals surface area contributed by atoms with Crippen LogP contribution >= 0.6 is 0 Å². The van der Waals surface area contributed by atoms with Gasteiger partial charge in [0, 0.05) is 0 Å². The van der Waals surface area contributed by atoms with Crippen molar-refractivity contribution < 1.29 is 30.6 Å². The van der Waals surface area contributed by atoms with Crippen molar-refractivity contribution in [2.24, 2.45) is 5.41 Å². The normalized spacial score (nSPS) is 14.6. The van der Waals surface area contributed by atoms with Gasteiger partial charge in [-0.3, -0.25) is 0 Å². The molecular weight excluding hydrogens is 168 g/mol. The Morgan fingerprint density at radius 3 is 1.17 bits per heavy atom. The second kappa shape index (κ2) is 2.77. The van der Waals surface area contributed by atoms with Gasteiger partial charge in [0.25, 0.3) is 11.9 Å². The van der Waals surface area contributed by atoms with Gasteiger partial charge in [0.05, 0.1) is 0 Å². The zero-order valence-electron chi connectivity index (χ0n) is 6.47. The van der Waals surface area contributed by atoms with Gasteiger partial charge < -0.3 is 30.6 Å². The van der Waals surface area contributed by atoms with Crippen LogP contribution in [0.2, 0.25) is 0 Å². The maximum atomic E-state index is 8.63. The summed E-state index contributed by atoms with van der Waals surface area (Å²) in [5, 5.41) is 51.8. The third-order valence-corrected chi connectivity index (χ3v) is 1.80. The van der Waals surface area contributed by atoms with E-state index in [4.69, 9.17) is 30.6 Å². The van der Waals surface area contributed by atoms with Crippen LogP contribution in [0.5, 0.6) is 0 Å². The first kappa shape index (κ1) is 11.5. The smallest absolute Gasteiger partial charge is 0.292 e. The molecule has 0 fully saturated rings. The molecule has 0 saturated heterocycles. The van der Waals surface area contributed by atoms with Crippen molar-refractivity contribution in [2.45, 2.75) is 18.9 Å². The van der Waals surface area contributed by atoms with E-state index in [2.05, 4.69) is 6.58 Å². The first-order valence-electron chi connectivity index (χ1n) is 3.04. The fourth-order valence-electron chi connectivity index (χ4n) is 0.499. The average Bonchev–Trinajstić information content (AvgIpc) is 1.81. The van der Waals surface area contributed by atoms with E-state index in [1.54, 1.807) is 0 Å². The Kier molecular flexibility index (Phi) is 2.65. The van der Waals surface area contributed by atoms with E-state index in [-0.39, 0.29) is 0 Å². The van der Waals surface area contributed by atoms with Crippen molar-refractivity contribution in [3.05, 3.63) is 12.7 Å². The monoisotopic (exact) mass is 180 g/mol. The lowest BCUT2D eigenvalue weighted by molar-refractivity contribution is -0.463. The zero-order valence-corrected chi connectivity index (χ0v) is 6.47. The van der Waals surface area contributed by atoms with Crippen LogP contribution in [0, 0.1) is 5.41 Å². The third-order valence-electron chi connectivity index (χ3n) is 1.80. The molecule has 0 aromatic rings. The molecule has 72 valence electrons. The highest BCUT2D eigenvalue weighted by Gasteiger charge is 2.57. The highest BCUT2D eigenvalue weighted by atomic mass is 16.7. The van der Waals surface area contributed by atoms with Crippen molar-refractivity contribution in [3.8, 4) is 0 Å². The van der Waals surface area contributed by atoms with Crippen LogP contribution in [-0.2, 0) is 0 Å². The SMILES string of the molecule is C=CC(C)(C(O)(O)O)C(O)(O)O. The molecule has 0 rings (SSSR count). The molecule has 0 aliphatic heterocycles. The zero-order chi connectivity index (χ0) is 10.2. The summed E-state index contributed by atoms with van der Waals surface area (Å²) in [5.74, 6) is -6.96. The Labute approximate surface area is 68.6 Å². The highest BCUT2D eigenvalue weighted by Crippen LogP contribution is 2.36. The minimum atomic E-state index is -3.48. The van der Waals surface area contributed by atoms with Crippen molar-refractivity contribution in [1.82, 2.24) is 0 Å². The molecule has 0 spiro atoms. The van der Waals surface area contributed by atoms with Crippen molar-refractivity contribution >= 4 is 0 Å². The molecule has 0 unspecified atom stereocenters. The number of hydrogen-bond donors (Lipinski definition) is 6. The molecule has 6 N–H and O–H groups in total. The van der Waals surface area contributed by atoms with Gasteiger partial charge in [-0.05, 0) is 6.92 Å². The molecule has 0 amide bonds. The van der Waals surface area contributed by atoms with Gasteiger partial charge in [0.2, 0.25) is 0 Å². The van der Waals surface area contributed by atoms with Crippen LogP contribution in [-0.4, -0.2) is 42.6 Å². The van der Waals surface area contributed by atoms with Crippen molar-refractivity contribution in [3.63, 3.8) is 0 Å². The topological polar surface area (TPSA) is 121 Å². The molecule has 0 aliphatic rings. The van der Waals surface area contributed by atoms with Gasteiger partial charge in [-0.1, -0.05) is 6.08 Å². The van der Waals surface area contributed by atoms with Crippen LogP contribution < -0.4 is 0 Å². The predicted octanol–water partition coefficient (Wildman–Crippen LogP) is -2.56. The number of rotatable bonds is 3. The van der Waals surface area contributed by atoms with Crippen molar-refractivity contribution in [1.29, 1.82) is 0 Å². The molecule has 0 aromatic heterocycles. The second-order valence-corrected chi connectivity index (χ2v) is 2.68. The van der Waals surface area contributed by atoms with Gasteiger partial charge in [-0.15, -0.1) is 6.58 Å². The van der Waals surface area contributed by atoms with Gasteiger partial charge >= 0.3 is 0 Å². The molecule has 0 saturated carbocycles. The van der Waals surface area contributed by atoms with E-state index in [0.717, 1.165) is 6.92 Å². The maximum absolute atomic E-state index is 8.63. The molecule has 12 heavy (non-hydrogen) atoms. The van der Waals surface area contributed by atoms with Crippen LogP contribution in [0.25, 0.3) is 0 Å². The van der Waals surface area contributed by atoms with Crippen LogP contribution in [0.3, 0.4) is 0 Å². The molecule has 6 nitrogen and oxygen atoms in total. The average molecular weight is 180 g/mol. The van der Waals surface area contributed by atoms with E-state index < -0.39 is 17.4 Å². The highest BCUT2D eigenvalue weighted by molar-refractivity contribution is 5.00. The van der Waals surface area contributed by atoms with E-state index in [1.165, 1.54) is 0 Å². The summed E-state index contributed by atoms with van der Waals surface area (Å²) in [6.45, 7) is 3.80. The molecular formula is C6H12O6. The first-order valence-corrected chi connectivity index (χ1v) is 3.04. The van der Waals surface area contributed by atoms with Gasteiger partial charge in [-0.25, -0.2) is 0 Å². The Bertz CT molecular complexity index is 159. The molecule has 0 aliphatic carbocycles. The van der Waals surface area contributed by atoms with E-state index in [0.29, 0.717) is 6.08 Å². The Morgan fingerprint density at radius 2 is 1.17 bits per heavy atom. The van der Waals surface area contributed by atoms with Crippen LogP contribution in [0.4, 0.5) is 0 Å². The first-order chi connectivity index (χ1) is 5.06. The largest absolute Gasteiger partial charge is 0.343 e. The third kappa shape index (κ3) is 1.63. The quantitative estimate of drug-likeness (QED) is 0.210. The number of aliphatic hydroxyl groups is 6. The van der Waals surface area contributed by atoms with Crippen LogP contribution in [0.1, 0.15) is 6.92 Å². The fraction of sp³-hybridized carbons (Fsp3) is 0.667. The van der Waals surface area contributed by atoms with Gasteiger partial charge in [0.15, 0.2) is 0 Å². The minimum Gasteiger partial charge on any atom is -0.343 e. The molecule has 0 aromatic carbocycles. The van der Waals surface area contributed by atoms with E-state index >= 15 is 0 Å². The molecule has 0 atom stereocenters.